The molecule has 0 radical (unpaired) electrons. The smallest absolute Gasteiger partial charge is 0.279 e. The lowest BCUT2D eigenvalue weighted by Crippen LogP contribution is -2.17. The number of carbonyl (C=O) groups is 1. The van der Waals surface area contributed by atoms with Crippen molar-refractivity contribution in [3.63, 3.8) is 0 Å². The zero-order chi connectivity index (χ0) is 19.4. The largest absolute Gasteiger partial charge is 0.316 e. The lowest BCUT2D eigenvalue weighted by Gasteiger charge is -2.09. The first-order valence-electron chi connectivity index (χ1n) is 9.17. The number of halogens is 1. The molecule has 3 aromatic rings. The summed E-state index contributed by atoms with van der Waals surface area (Å²) in [4.78, 5) is 19.2. The van der Waals surface area contributed by atoms with Crippen LogP contribution in [0.25, 0.3) is 11.3 Å². The van der Waals surface area contributed by atoms with Crippen molar-refractivity contribution >= 4 is 28.8 Å². The van der Waals surface area contributed by atoms with Gasteiger partial charge in [0.25, 0.3) is 5.91 Å². The fourth-order valence-corrected chi connectivity index (χ4v) is 4.52. The van der Waals surface area contributed by atoms with Gasteiger partial charge in [-0.1, -0.05) is 54.8 Å². The van der Waals surface area contributed by atoms with Crippen LogP contribution in [0.2, 0.25) is 5.02 Å². The molecule has 0 aliphatic rings. The van der Waals surface area contributed by atoms with Gasteiger partial charge in [-0.05, 0) is 50.1 Å². The number of thiazole rings is 1. The van der Waals surface area contributed by atoms with Gasteiger partial charge in [0.05, 0.1) is 5.69 Å². The Morgan fingerprint density at radius 3 is 2.52 bits per heavy atom. The molecule has 0 atom stereocenters. The maximum atomic E-state index is 12.7. The van der Waals surface area contributed by atoms with Gasteiger partial charge in [0.1, 0.15) is 0 Å². The number of carbonyl (C=O) groups excluding carboxylic acids is 1. The summed E-state index contributed by atoms with van der Waals surface area (Å²) in [5, 5.41) is 0.716. The van der Waals surface area contributed by atoms with Gasteiger partial charge in [0.2, 0.25) is 0 Å². The predicted molar refractivity (Wildman–Crippen MR) is 113 cm³/mol. The average Bonchev–Trinajstić information content (AvgIpc) is 2.99. The van der Waals surface area contributed by atoms with Crippen LogP contribution >= 0.6 is 22.9 Å². The van der Waals surface area contributed by atoms with Crippen molar-refractivity contribution in [1.29, 1.82) is 0 Å². The first kappa shape index (κ1) is 19.6. The molecule has 140 valence electrons. The van der Waals surface area contributed by atoms with Gasteiger partial charge in [0.15, 0.2) is 4.80 Å². The standard InChI is InChI=1S/C22H23ClN2OS/c1-4-7-19-20(16-10-12-18(23)13-11-16)25(5-2)22(27-19)24-21(26)17-9-6-8-15(3)14-17/h6,8-14H,4-5,7H2,1-3H3. The summed E-state index contributed by atoms with van der Waals surface area (Å²) in [5.74, 6) is -0.201. The highest BCUT2D eigenvalue weighted by atomic mass is 35.5. The van der Waals surface area contributed by atoms with Gasteiger partial charge in [-0.15, -0.1) is 11.3 Å². The molecule has 3 nitrogen and oxygen atoms in total. The summed E-state index contributed by atoms with van der Waals surface area (Å²) in [6.45, 7) is 6.97. The van der Waals surface area contributed by atoms with Crippen LogP contribution in [0.3, 0.4) is 0 Å². The first-order valence-corrected chi connectivity index (χ1v) is 10.4. The molecule has 5 heteroatoms. The van der Waals surface area contributed by atoms with Crippen molar-refractivity contribution in [2.24, 2.45) is 4.99 Å². The Balaban J connectivity index is 2.14. The van der Waals surface area contributed by atoms with E-state index in [1.807, 2.05) is 55.5 Å². The van der Waals surface area contributed by atoms with E-state index in [9.17, 15) is 4.79 Å². The summed E-state index contributed by atoms with van der Waals surface area (Å²) in [5.41, 5.74) is 3.91. The molecule has 27 heavy (non-hydrogen) atoms. The summed E-state index contributed by atoms with van der Waals surface area (Å²) in [7, 11) is 0. The molecule has 3 rings (SSSR count). The second-order valence-electron chi connectivity index (χ2n) is 6.44. The molecule has 0 N–H and O–H groups in total. The van der Waals surface area contributed by atoms with Crippen LogP contribution in [-0.2, 0) is 13.0 Å². The number of hydrogen-bond donors (Lipinski definition) is 0. The van der Waals surface area contributed by atoms with Crippen LogP contribution < -0.4 is 4.80 Å². The maximum Gasteiger partial charge on any atom is 0.279 e. The number of rotatable bonds is 5. The van der Waals surface area contributed by atoms with Crippen molar-refractivity contribution in [2.45, 2.75) is 40.2 Å². The summed E-state index contributed by atoms with van der Waals surface area (Å²) in [6, 6.07) is 15.4. The van der Waals surface area contributed by atoms with E-state index in [1.54, 1.807) is 11.3 Å². The minimum absolute atomic E-state index is 0.201. The minimum atomic E-state index is -0.201. The number of aromatic nitrogens is 1. The Morgan fingerprint density at radius 2 is 1.89 bits per heavy atom. The summed E-state index contributed by atoms with van der Waals surface area (Å²) < 4.78 is 2.13. The lowest BCUT2D eigenvalue weighted by atomic mass is 10.1. The molecule has 1 amide bonds. The van der Waals surface area contributed by atoms with E-state index in [0.29, 0.717) is 10.6 Å². The second kappa shape index (κ2) is 8.68. The molecule has 0 saturated heterocycles. The van der Waals surface area contributed by atoms with Gasteiger partial charge in [-0.3, -0.25) is 4.79 Å². The van der Waals surface area contributed by atoms with E-state index < -0.39 is 0 Å². The number of benzene rings is 2. The third-order valence-corrected chi connectivity index (χ3v) is 5.74. The maximum absolute atomic E-state index is 12.7. The SMILES string of the molecule is CCCc1sc(=NC(=O)c2cccc(C)c2)n(CC)c1-c1ccc(Cl)cc1. The van der Waals surface area contributed by atoms with Gasteiger partial charge >= 0.3 is 0 Å². The Labute approximate surface area is 169 Å². The van der Waals surface area contributed by atoms with E-state index in [4.69, 9.17) is 11.6 Å². The van der Waals surface area contributed by atoms with Crippen molar-refractivity contribution in [3.05, 3.63) is 74.4 Å². The Hall–Kier alpha value is -2.17. The lowest BCUT2D eigenvalue weighted by molar-refractivity contribution is 0.0997. The quantitative estimate of drug-likeness (QED) is 0.527. The fraction of sp³-hybridized carbons (Fsp3) is 0.273. The Bertz CT molecular complexity index is 1020. The average molecular weight is 399 g/mol. The van der Waals surface area contributed by atoms with Crippen LogP contribution in [0, 0.1) is 6.92 Å². The highest BCUT2D eigenvalue weighted by Gasteiger charge is 2.15. The van der Waals surface area contributed by atoms with Crippen LogP contribution in [0.15, 0.2) is 53.5 Å². The van der Waals surface area contributed by atoms with E-state index in [1.165, 1.54) is 4.88 Å². The van der Waals surface area contributed by atoms with E-state index in [-0.39, 0.29) is 5.91 Å². The zero-order valence-electron chi connectivity index (χ0n) is 15.8. The third-order valence-electron chi connectivity index (χ3n) is 4.35. The van der Waals surface area contributed by atoms with Crippen LogP contribution in [0.5, 0.6) is 0 Å². The van der Waals surface area contributed by atoms with Gasteiger partial charge < -0.3 is 4.57 Å². The molecule has 0 bridgehead atoms. The minimum Gasteiger partial charge on any atom is -0.316 e. The molecule has 1 heterocycles. The number of amides is 1. The van der Waals surface area contributed by atoms with Gasteiger partial charge in [-0.2, -0.15) is 4.99 Å². The van der Waals surface area contributed by atoms with Crippen molar-refractivity contribution in [2.75, 3.05) is 0 Å². The molecule has 0 spiro atoms. The number of hydrogen-bond acceptors (Lipinski definition) is 2. The molecule has 0 unspecified atom stereocenters. The van der Waals surface area contributed by atoms with Crippen molar-refractivity contribution < 1.29 is 4.79 Å². The number of nitrogens with zero attached hydrogens (tertiary/aromatic N) is 2. The number of aryl methyl sites for hydroxylation is 2. The Kier molecular flexibility index (Phi) is 6.30. The fourth-order valence-electron chi connectivity index (χ4n) is 3.09. The van der Waals surface area contributed by atoms with Crippen LogP contribution in [0.1, 0.15) is 41.1 Å². The zero-order valence-corrected chi connectivity index (χ0v) is 17.4. The monoisotopic (exact) mass is 398 g/mol. The molecule has 0 aliphatic carbocycles. The molecule has 0 saturated carbocycles. The van der Waals surface area contributed by atoms with Crippen LogP contribution in [-0.4, -0.2) is 10.5 Å². The highest BCUT2D eigenvalue weighted by molar-refractivity contribution is 7.09. The van der Waals surface area contributed by atoms with Crippen LogP contribution in [0.4, 0.5) is 0 Å². The molecular formula is C22H23ClN2OS. The molecular weight excluding hydrogens is 376 g/mol. The second-order valence-corrected chi connectivity index (χ2v) is 7.94. The molecule has 1 aromatic heterocycles. The molecule has 0 aliphatic heterocycles. The summed E-state index contributed by atoms with van der Waals surface area (Å²) in [6.07, 6.45) is 1.99. The molecule has 2 aromatic carbocycles. The van der Waals surface area contributed by atoms with Crippen molar-refractivity contribution in [3.8, 4) is 11.3 Å². The Morgan fingerprint density at radius 1 is 1.15 bits per heavy atom. The third kappa shape index (κ3) is 4.40. The highest BCUT2D eigenvalue weighted by Crippen LogP contribution is 2.28. The van der Waals surface area contributed by atoms with E-state index in [0.717, 1.165) is 41.0 Å². The predicted octanol–water partition coefficient (Wildman–Crippen LogP) is 5.89. The molecule has 0 fully saturated rings. The van der Waals surface area contributed by atoms with Gasteiger partial charge in [-0.25, -0.2) is 0 Å². The van der Waals surface area contributed by atoms with Crippen molar-refractivity contribution in [1.82, 2.24) is 4.57 Å². The summed E-state index contributed by atoms with van der Waals surface area (Å²) >= 11 is 7.66. The normalized spacial score (nSPS) is 11.8. The first-order chi connectivity index (χ1) is 13.0. The topological polar surface area (TPSA) is 34.4 Å². The van der Waals surface area contributed by atoms with E-state index >= 15 is 0 Å². The van der Waals surface area contributed by atoms with E-state index in [2.05, 4.69) is 23.4 Å². The van der Waals surface area contributed by atoms with Gasteiger partial charge in [0, 0.05) is 22.0 Å².